The van der Waals surface area contributed by atoms with Crippen molar-refractivity contribution < 1.29 is 0 Å². The van der Waals surface area contributed by atoms with E-state index in [1.807, 2.05) is 57.6 Å². The van der Waals surface area contributed by atoms with Crippen molar-refractivity contribution >= 4 is 40.4 Å². The zero-order valence-corrected chi connectivity index (χ0v) is 17.1. The van der Waals surface area contributed by atoms with Crippen LogP contribution >= 0.6 is 34.8 Å². The summed E-state index contributed by atoms with van der Waals surface area (Å²) in [4.78, 5) is 4.81. The number of pyridine rings is 1. The van der Waals surface area contributed by atoms with Crippen molar-refractivity contribution in [3.63, 3.8) is 0 Å². The van der Waals surface area contributed by atoms with E-state index < -0.39 is 0 Å². The maximum Gasteiger partial charge on any atom is 0.187 e. The normalized spacial score (nSPS) is 11.3. The summed E-state index contributed by atoms with van der Waals surface area (Å²) < 4.78 is 3.84. The zero-order chi connectivity index (χ0) is 20.0. The largest absolute Gasteiger partial charge is 0.296 e. The van der Waals surface area contributed by atoms with Crippen molar-refractivity contribution in [2.45, 2.75) is 0 Å². The average molecular weight is 441 g/mol. The van der Waals surface area contributed by atoms with Gasteiger partial charge in [0.15, 0.2) is 5.82 Å². The molecular weight excluding hydrogens is 429 g/mol. The molecular formula is C21H12Cl3N5. The summed E-state index contributed by atoms with van der Waals surface area (Å²) in [6.07, 6.45) is 3.59. The highest BCUT2D eigenvalue weighted by Crippen LogP contribution is 2.37. The van der Waals surface area contributed by atoms with Gasteiger partial charge in [0.2, 0.25) is 0 Å². The van der Waals surface area contributed by atoms with Crippen molar-refractivity contribution in [3.05, 3.63) is 88.3 Å². The van der Waals surface area contributed by atoms with Gasteiger partial charge in [0.25, 0.3) is 0 Å². The molecule has 5 aromatic rings. The molecule has 0 bridgehead atoms. The van der Waals surface area contributed by atoms with Crippen LogP contribution in [0.5, 0.6) is 0 Å². The third kappa shape index (κ3) is 3.17. The van der Waals surface area contributed by atoms with Gasteiger partial charge in [-0.1, -0.05) is 40.9 Å². The number of benzene rings is 2. The molecule has 29 heavy (non-hydrogen) atoms. The summed E-state index contributed by atoms with van der Waals surface area (Å²) in [5.41, 5.74) is 3.80. The number of halogens is 3. The van der Waals surface area contributed by atoms with Crippen LogP contribution in [0.4, 0.5) is 0 Å². The predicted octanol–water partition coefficient (Wildman–Crippen LogP) is 6.21. The number of nitrogens with zero attached hydrogens (tertiary/aromatic N) is 5. The molecule has 0 spiro atoms. The minimum atomic E-state index is 0.552. The molecule has 0 saturated carbocycles. The molecule has 5 rings (SSSR count). The van der Waals surface area contributed by atoms with Crippen LogP contribution < -0.4 is 0 Å². The monoisotopic (exact) mass is 439 g/mol. The fourth-order valence-corrected chi connectivity index (χ4v) is 3.77. The summed E-state index contributed by atoms with van der Waals surface area (Å²) in [5.74, 6) is 0.622. The SMILES string of the molecule is Clc1ccc(-n2cnnc2-c2c(-c3cc(Cl)ccc3Cl)nc3ccccn23)cc1. The van der Waals surface area contributed by atoms with Crippen molar-refractivity contribution in [1.29, 1.82) is 0 Å². The first-order valence-electron chi connectivity index (χ1n) is 8.70. The Balaban J connectivity index is 1.82. The second-order valence-corrected chi connectivity index (χ2v) is 7.64. The Labute approximate surface area is 181 Å². The van der Waals surface area contributed by atoms with Crippen LogP contribution in [0.15, 0.2) is 73.2 Å². The third-order valence-electron chi connectivity index (χ3n) is 4.58. The van der Waals surface area contributed by atoms with Crippen LogP contribution in [0.25, 0.3) is 34.1 Å². The van der Waals surface area contributed by atoms with Crippen LogP contribution in [0.1, 0.15) is 0 Å². The quantitative estimate of drug-likeness (QED) is 0.335. The van der Waals surface area contributed by atoms with Gasteiger partial charge in [-0.2, -0.15) is 0 Å². The molecule has 0 saturated heterocycles. The van der Waals surface area contributed by atoms with Gasteiger partial charge in [-0.15, -0.1) is 10.2 Å². The van der Waals surface area contributed by atoms with Crippen LogP contribution in [0, 0.1) is 0 Å². The van der Waals surface area contributed by atoms with Crippen molar-refractivity contribution in [1.82, 2.24) is 24.1 Å². The van der Waals surface area contributed by atoms with Gasteiger partial charge in [0.1, 0.15) is 23.4 Å². The van der Waals surface area contributed by atoms with E-state index in [4.69, 9.17) is 39.8 Å². The summed E-state index contributed by atoms with van der Waals surface area (Å²) in [7, 11) is 0. The molecule has 0 aliphatic heterocycles. The Hall–Kier alpha value is -2.86. The van der Waals surface area contributed by atoms with Crippen molar-refractivity contribution in [2.24, 2.45) is 0 Å². The molecule has 0 unspecified atom stereocenters. The standard InChI is InChI=1S/C21H12Cl3N5/c22-13-4-7-15(8-5-13)29-12-25-27-21(29)20-19(16-11-14(23)6-9-17(16)24)26-18-3-1-2-10-28(18)20/h1-12H. The van der Waals surface area contributed by atoms with Gasteiger partial charge >= 0.3 is 0 Å². The summed E-state index contributed by atoms with van der Waals surface area (Å²) >= 11 is 18.8. The first-order chi connectivity index (χ1) is 14.1. The maximum absolute atomic E-state index is 6.50. The summed E-state index contributed by atoms with van der Waals surface area (Å²) in [6, 6.07) is 18.6. The lowest BCUT2D eigenvalue weighted by Gasteiger charge is -2.09. The van der Waals surface area contributed by atoms with E-state index in [0.29, 0.717) is 26.6 Å². The molecule has 5 nitrogen and oxygen atoms in total. The van der Waals surface area contributed by atoms with Gasteiger partial charge in [-0.3, -0.25) is 8.97 Å². The fourth-order valence-electron chi connectivity index (χ4n) is 3.26. The lowest BCUT2D eigenvalue weighted by molar-refractivity contribution is 1.04. The van der Waals surface area contributed by atoms with E-state index in [1.54, 1.807) is 24.5 Å². The second-order valence-electron chi connectivity index (χ2n) is 6.36. The lowest BCUT2D eigenvalue weighted by Crippen LogP contribution is -2.00. The molecule has 0 radical (unpaired) electrons. The Morgan fingerprint density at radius 2 is 1.62 bits per heavy atom. The fraction of sp³-hybridized carbons (Fsp3) is 0. The minimum absolute atomic E-state index is 0.552. The summed E-state index contributed by atoms with van der Waals surface area (Å²) in [5, 5.41) is 10.3. The van der Waals surface area contributed by atoms with Crippen LogP contribution in [0.2, 0.25) is 15.1 Å². The van der Waals surface area contributed by atoms with Gasteiger partial charge in [0.05, 0.1) is 5.02 Å². The van der Waals surface area contributed by atoms with E-state index in [0.717, 1.165) is 22.6 Å². The van der Waals surface area contributed by atoms with Gasteiger partial charge < -0.3 is 0 Å². The highest BCUT2D eigenvalue weighted by Gasteiger charge is 2.22. The first-order valence-corrected chi connectivity index (χ1v) is 9.84. The summed E-state index contributed by atoms with van der Waals surface area (Å²) in [6.45, 7) is 0. The van der Waals surface area contributed by atoms with Gasteiger partial charge in [-0.25, -0.2) is 4.98 Å². The molecule has 0 amide bonds. The lowest BCUT2D eigenvalue weighted by atomic mass is 10.1. The maximum atomic E-state index is 6.50. The van der Waals surface area contributed by atoms with Gasteiger partial charge in [0, 0.05) is 27.5 Å². The predicted molar refractivity (Wildman–Crippen MR) is 116 cm³/mol. The van der Waals surface area contributed by atoms with Crippen LogP contribution in [-0.2, 0) is 0 Å². The molecule has 3 heterocycles. The van der Waals surface area contributed by atoms with Crippen LogP contribution in [0.3, 0.4) is 0 Å². The van der Waals surface area contributed by atoms with Gasteiger partial charge in [-0.05, 0) is 54.6 Å². The number of hydrogen-bond donors (Lipinski definition) is 0. The number of aromatic nitrogens is 5. The smallest absolute Gasteiger partial charge is 0.187 e. The Morgan fingerprint density at radius 3 is 2.45 bits per heavy atom. The van der Waals surface area contributed by atoms with E-state index in [-0.39, 0.29) is 0 Å². The molecule has 0 N–H and O–H groups in total. The Bertz CT molecular complexity index is 1340. The van der Waals surface area contributed by atoms with E-state index in [1.165, 1.54) is 0 Å². The highest BCUT2D eigenvalue weighted by atomic mass is 35.5. The molecule has 8 heteroatoms. The topological polar surface area (TPSA) is 48.0 Å². The van der Waals surface area contributed by atoms with E-state index in [2.05, 4.69) is 10.2 Å². The number of rotatable bonds is 3. The molecule has 0 aliphatic carbocycles. The molecule has 0 fully saturated rings. The molecule has 3 aromatic heterocycles. The van der Waals surface area contributed by atoms with Crippen LogP contribution in [-0.4, -0.2) is 24.1 Å². The van der Waals surface area contributed by atoms with E-state index in [9.17, 15) is 0 Å². The van der Waals surface area contributed by atoms with E-state index >= 15 is 0 Å². The Morgan fingerprint density at radius 1 is 0.828 bits per heavy atom. The van der Waals surface area contributed by atoms with Crippen molar-refractivity contribution in [3.8, 4) is 28.5 Å². The molecule has 2 aromatic carbocycles. The molecule has 0 atom stereocenters. The third-order valence-corrected chi connectivity index (χ3v) is 5.39. The Kier molecular flexibility index (Phi) is 4.51. The molecule has 142 valence electrons. The highest BCUT2D eigenvalue weighted by molar-refractivity contribution is 6.35. The number of fused-ring (bicyclic) bond motifs is 1. The average Bonchev–Trinajstić information content (AvgIpc) is 3.34. The number of imidazole rings is 1. The number of hydrogen-bond acceptors (Lipinski definition) is 3. The minimum Gasteiger partial charge on any atom is -0.296 e. The zero-order valence-electron chi connectivity index (χ0n) is 14.8. The first kappa shape index (κ1) is 18.2. The van der Waals surface area contributed by atoms with Crippen molar-refractivity contribution in [2.75, 3.05) is 0 Å². The molecule has 0 aliphatic rings. The second kappa shape index (κ2) is 7.19.